The summed E-state index contributed by atoms with van der Waals surface area (Å²) in [7, 11) is -6.05. The van der Waals surface area contributed by atoms with Crippen LogP contribution in [0, 0.1) is 0 Å². The zero-order valence-corrected chi connectivity index (χ0v) is 25.9. The number of ether oxygens (including phenoxy) is 1. The third kappa shape index (κ3) is 6.29. The van der Waals surface area contributed by atoms with Crippen LogP contribution in [0.25, 0.3) is 0 Å². The van der Waals surface area contributed by atoms with Gasteiger partial charge in [0.15, 0.2) is 0 Å². The summed E-state index contributed by atoms with van der Waals surface area (Å²) in [5.74, 6) is -0.313. The van der Waals surface area contributed by atoms with Crippen molar-refractivity contribution in [2.24, 2.45) is 0 Å². The molecule has 42 heavy (non-hydrogen) atoms. The average molecular weight is 585 g/mol. The molecule has 0 atom stereocenters. The topological polar surface area (TPSA) is 35.5 Å². The Balaban J connectivity index is 1.76. The van der Waals surface area contributed by atoms with Crippen LogP contribution in [-0.2, 0) is 13.6 Å². The molecule has 0 aromatic heterocycles. The molecule has 210 valence electrons. The molecule has 0 heterocycles. The van der Waals surface area contributed by atoms with Crippen molar-refractivity contribution in [1.82, 2.24) is 0 Å². The van der Waals surface area contributed by atoms with Crippen molar-refractivity contribution in [1.29, 1.82) is 0 Å². The largest absolute Gasteiger partial charge is 0.463 e. The number of carbonyl (C=O) groups excluding carboxylic acids is 1. The van der Waals surface area contributed by atoms with Gasteiger partial charge < -0.3 is 8.85 Å². The van der Waals surface area contributed by atoms with E-state index in [1.165, 1.54) is 32.0 Å². The van der Waals surface area contributed by atoms with Gasteiger partial charge in [-0.15, -0.1) is 0 Å². The van der Waals surface area contributed by atoms with Crippen molar-refractivity contribution in [3.63, 3.8) is 0 Å². The second kappa shape index (κ2) is 14.1. The van der Waals surface area contributed by atoms with E-state index in [0.717, 1.165) is 6.04 Å². The molecular formula is C37H36O3Si2. The SMILES string of the molecule is CC=CC(=O)OCCC[Si](O[Si](c1ccccc1)(c1ccccc1)c1ccccc1)(c1ccccc1)c1ccccc1. The first-order chi connectivity index (χ1) is 20.7. The minimum absolute atomic E-state index is 0.313. The molecule has 0 unspecified atom stereocenters. The molecule has 5 rings (SSSR count). The maximum absolute atomic E-state index is 12.2. The molecule has 5 aromatic rings. The van der Waals surface area contributed by atoms with Gasteiger partial charge in [0.25, 0.3) is 8.32 Å². The fourth-order valence-corrected chi connectivity index (χ4v) is 16.5. The molecule has 3 nitrogen and oxygen atoms in total. The predicted octanol–water partition coefficient (Wildman–Crippen LogP) is 4.94. The highest BCUT2D eigenvalue weighted by Gasteiger charge is 2.51. The van der Waals surface area contributed by atoms with Crippen molar-refractivity contribution >= 4 is 48.5 Å². The third-order valence-electron chi connectivity index (χ3n) is 7.57. The molecular weight excluding hydrogens is 549 g/mol. The molecule has 0 saturated carbocycles. The van der Waals surface area contributed by atoms with Crippen LogP contribution >= 0.6 is 0 Å². The quantitative estimate of drug-likeness (QED) is 0.0686. The van der Waals surface area contributed by atoms with Gasteiger partial charge in [0.05, 0.1) is 6.61 Å². The van der Waals surface area contributed by atoms with Gasteiger partial charge in [0.1, 0.15) is 0 Å². The minimum Gasteiger partial charge on any atom is -0.463 e. The van der Waals surface area contributed by atoms with Crippen molar-refractivity contribution < 1.29 is 13.6 Å². The number of carbonyl (C=O) groups is 1. The van der Waals surface area contributed by atoms with Crippen molar-refractivity contribution in [3.8, 4) is 0 Å². The number of esters is 1. The Morgan fingerprint density at radius 2 is 0.929 bits per heavy atom. The fourth-order valence-electron chi connectivity index (χ4n) is 5.67. The Labute approximate surface area is 251 Å². The fraction of sp³-hybridized carbons (Fsp3) is 0.108. The minimum atomic E-state index is -3.08. The van der Waals surface area contributed by atoms with E-state index in [4.69, 9.17) is 8.85 Å². The van der Waals surface area contributed by atoms with E-state index in [1.54, 1.807) is 6.08 Å². The molecule has 0 radical (unpaired) electrons. The Kier molecular flexibility index (Phi) is 9.77. The second-order valence-corrected chi connectivity index (χ2v) is 17.4. The van der Waals surface area contributed by atoms with Crippen molar-refractivity contribution in [2.45, 2.75) is 19.4 Å². The normalized spacial score (nSPS) is 11.8. The lowest BCUT2D eigenvalue weighted by Gasteiger charge is -2.43. The van der Waals surface area contributed by atoms with Gasteiger partial charge in [-0.25, -0.2) is 4.79 Å². The van der Waals surface area contributed by atoms with Gasteiger partial charge in [-0.2, -0.15) is 0 Å². The first kappa shape index (κ1) is 29.2. The molecule has 0 N–H and O–H groups in total. The van der Waals surface area contributed by atoms with Crippen LogP contribution in [0.5, 0.6) is 0 Å². The maximum atomic E-state index is 12.2. The molecule has 0 aliphatic rings. The third-order valence-corrected chi connectivity index (χ3v) is 17.2. The summed E-state index contributed by atoms with van der Waals surface area (Å²) < 4.78 is 13.7. The highest BCUT2D eigenvalue weighted by atomic mass is 28.4. The van der Waals surface area contributed by atoms with Gasteiger partial charge in [0, 0.05) is 6.08 Å². The molecule has 0 spiro atoms. The lowest BCUT2D eigenvalue weighted by atomic mass is 10.3. The molecule has 0 saturated heterocycles. The summed E-state index contributed by atoms with van der Waals surface area (Å²) in [6, 6.07) is 54.3. The van der Waals surface area contributed by atoms with E-state index < -0.39 is 16.6 Å². The lowest BCUT2D eigenvalue weighted by molar-refractivity contribution is -0.137. The smallest absolute Gasteiger partial charge is 0.330 e. The monoisotopic (exact) mass is 584 g/mol. The van der Waals surface area contributed by atoms with Gasteiger partial charge in [-0.05, 0) is 45.3 Å². The summed E-state index contributed by atoms with van der Waals surface area (Å²) in [5, 5.41) is 6.01. The second-order valence-electron chi connectivity index (χ2n) is 10.2. The summed E-state index contributed by atoms with van der Waals surface area (Å²) >= 11 is 0. The van der Waals surface area contributed by atoms with Gasteiger partial charge in [-0.1, -0.05) is 158 Å². The molecule has 0 amide bonds. The maximum Gasteiger partial charge on any atom is 0.330 e. The van der Waals surface area contributed by atoms with E-state index in [0.29, 0.717) is 13.0 Å². The Bertz CT molecular complexity index is 1420. The summed E-state index contributed by atoms with van der Waals surface area (Å²) in [5.41, 5.74) is 0. The average Bonchev–Trinajstić information content (AvgIpc) is 3.07. The standard InChI is InChI=1S/C37H36O3Si2/c1-2-19-37(38)39-30-18-31-41(32-20-8-3-9-21-32,33-22-10-4-11-23-33)40-42(34-24-12-5-13-25-34,35-26-14-6-15-27-35)36-28-16-7-17-29-36/h2-17,19-29H,18,30-31H2,1H3. The summed E-state index contributed by atoms with van der Waals surface area (Å²) in [4.78, 5) is 12.2. The van der Waals surface area contributed by atoms with Gasteiger partial charge in [-0.3, -0.25) is 0 Å². The van der Waals surface area contributed by atoms with Crippen molar-refractivity contribution in [2.75, 3.05) is 6.61 Å². The van der Waals surface area contributed by atoms with Crippen LogP contribution in [0.2, 0.25) is 6.04 Å². The van der Waals surface area contributed by atoms with Gasteiger partial charge in [0.2, 0.25) is 8.32 Å². The van der Waals surface area contributed by atoms with E-state index in [1.807, 2.05) is 6.92 Å². The van der Waals surface area contributed by atoms with Gasteiger partial charge >= 0.3 is 5.97 Å². The predicted molar refractivity (Wildman–Crippen MR) is 178 cm³/mol. The van der Waals surface area contributed by atoms with E-state index in [-0.39, 0.29) is 5.97 Å². The molecule has 0 aliphatic heterocycles. The van der Waals surface area contributed by atoms with Crippen LogP contribution in [0.4, 0.5) is 0 Å². The number of hydrogen-bond acceptors (Lipinski definition) is 3. The van der Waals surface area contributed by atoms with E-state index in [2.05, 4.69) is 152 Å². The molecule has 5 heteroatoms. The number of hydrogen-bond donors (Lipinski definition) is 0. The van der Waals surface area contributed by atoms with Crippen LogP contribution in [0.1, 0.15) is 13.3 Å². The van der Waals surface area contributed by atoms with Crippen LogP contribution in [0.3, 0.4) is 0 Å². The van der Waals surface area contributed by atoms with Crippen molar-refractivity contribution in [3.05, 3.63) is 164 Å². The first-order valence-corrected chi connectivity index (χ1v) is 18.5. The van der Waals surface area contributed by atoms with Crippen LogP contribution < -0.4 is 25.9 Å². The molecule has 5 aromatic carbocycles. The zero-order chi connectivity index (χ0) is 29.1. The van der Waals surface area contributed by atoms with Crippen LogP contribution in [0.15, 0.2) is 164 Å². The number of allylic oxidation sites excluding steroid dienone is 1. The zero-order valence-electron chi connectivity index (χ0n) is 23.9. The summed E-state index contributed by atoms with van der Waals surface area (Å²) in [6.07, 6.45) is 3.85. The highest BCUT2D eigenvalue weighted by molar-refractivity contribution is 7.14. The molecule has 0 fully saturated rings. The highest BCUT2D eigenvalue weighted by Crippen LogP contribution is 2.23. The summed E-state index contributed by atoms with van der Waals surface area (Å²) in [6.45, 7) is 2.15. The first-order valence-electron chi connectivity index (χ1n) is 14.5. The lowest BCUT2D eigenvalue weighted by Crippen LogP contribution is -2.77. The van der Waals surface area contributed by atoms with E-state index >= 15 is 0 Å². The number of benzene rings is 5. The Morgan fingerprint density at radius 1 is 0.571 bits per heavy atom. The van der Waals surface area contributed by atoms with E-state index in [9.17, 15) is 4.79 Å². The number of rotatable bonds is 12. The van der Waals surface area contributed by atoms with Crippen LogP contribution in [-0.4, -0.2) is 29.2 Å². The Hall–Kier alpha value is -4.30. The molecule has 0 bridgehead atoms. The molecule has 0 aliphatic carbocycles. The Morgan fingerprint density at radius 3 is 1.29 bits per heavy atom.